The number of nitrogens with one attached hydrogen (secondary N) is 2. The Kier molecular flexibility index (Phi) is 6.13. The fraction of sp³-hybridized carbons (Fsp3) is 0.652. The number of amides is 2. The molecule has 0 bridgehead atoms. The van der Waals surface area contributed by atoms with Crippen LogP contribution < -0.4 is 10.6 Å². The molecule has 0 radical (unpaired) electrons. The predicted octanol–water partition coefficient (Wildman–Crippen LogP) is 4.82. The fourth-order valence-corrected chi connectivity index (χ4v) is 5.84. The molecule has 2 fully saturated rings. The summed E-state index contributed by atoms with van der Waals surface area (Å²) in [5.74, 6) is -0.801. The Morgan fingerprint density at radius 2 is 1.50 bits per heavy atom. The smallest absolute Gasteiger partial charge is 0.353 e. The Morgan fingerprint density at radius 1 is 0.882 bits per heavy atom. The van der Waals surface area contributed by atoms with Crippen molar-refractivity contribution in [1.82, 2.24) is 10.6 Å². The van der Waals surface area contributed by atoms with E-state index in [2.05, 4.69) is 10.6 Å². The highest BCUT2D eigenvalue weighted by molar-refractivity contribution is 5.80. The van der Waals surface area contributed by atoms with Gasteiger partial charge >= 0.3 is 18.0 Å². The number of benzene rings is 1. The third kappa shape index (κ3) is 4.15. The van der Waals surface area contributed by atoms with Gasteiger partial charge in [0.2, 0.25) is 11.8 Å². The second kappa shape index (κ2) is 8.41. The SMILES string of the molecule is CC(=O)NC1CC(NC(=O)[C@@H]2CCC3c4ccc(C(F)(C(F)(F)F)C(F)(F)F)cc4CCC32)C1. The van der Waals surface area contributed by atoms with E-state index in [1.54, 1.807) is 0 Å². The maximum atomic E-state index is 14.5. The Hall–Kier alpha value is -2.33. The molecule has 2 unspecified atom stereocenters. The highest BCUT2D eigenvalue weighted by atomic mass is 19.4. The Balaban J connectivity index is 1.47. The normalized spacial score (nSPS) is 29.0. The Labute approximate surface area is 191 Å². The summed E-state index contributed by atoms with van der Waals surface area (Å²) in [7, 11) is 0. The van der Waals surface area contributed by atoms with Gasteiger partial charge in [-0.3, -0.25) is 9.59 Å². The number of halogens is 7. The summed E-state index contributed by atoms with van der Waals surface area (Å²) < 4.78 is 93.3. The molecule has 3 aliphatic carbocycles. The van der Waals surface area contributed by atoms with Crippen molar-refractivity contribution >= 4 is 11.8 Å². The number of hydrogen-bond donors (Lipinski definition) is 2. The predicted molar refractivity (Wildman–Crippen MR) is 107 cm³/mol. The zero-order valence-corrected chi connectivity index (χ0v) is 18.3. The van der Waals surface area contributed by atoms with Crippen molar-refractivity contribution in [1.29, 1.82) is 0 Å². The van der Waals surface area contributed by atoms with Crippen molar-refractivity contribution in [2.24, 2.45) is 11.8 Å². The lowest BCUT2D eigenvalue weighted by Gasteiger charge is -2.38. The molecule has 4 nitrogen and oxygen atoms in total. The average molecular weight is 494 g/mol. The van der Waals surface area contributed by atoms with Gasteiger partial charge in [-0.1, -0.05) is 18.2 Å². The van der Waals surface area contributed by atoms with Gasteiger partial charge < -0.3 is 10.6 Å². The summed E-state index contributed by atoms with van der Waals surface area (Å²) >= 11 is 0. The summed E-state index contributed by atoms with van der Waals surface area (Å²) in [6, 6.07) is 2.43. The van der Waals surface area contributed by atoms with Gasteiger partial charge in [0.15, 0.2) is 0 Å². The quantitative estimate of drug-likeness (QED) is 0.590. The minimum absolute atomic E-state index is 0.0332. The summed E-state index contributed by atoms with van der Waals surface area (Å²) in [5, 5.41) is 5.78. The van der Waals surface area contributed by atoms with E-state index in [4.69, 9.17) is 0 Å². The van der Waals surface area contributed by atoms with Gasteiger partial charge in [-0.15, -0.1) is 0 Å². The second-order valence-corrected chi connectivity index (χ2v) is 9.63. The Morgan fingerprint density at radius 3 is 2.09 bits per heavy atom. The van der Waals surface area contributed by atoms with Gasteiger partial charge in [-0.25, -0.2) is 4.39 Å². The van der Waals surface area contributed by atoms with Crippen molar-refractivity contribution in [3.05, 3.63) is 34.9 Å². The molecule has 4 rings (SSSR count). The minimum Gasteiger partial charge on any atom is -0.353 e. The molecule has 1 aromatic rings. The largest absolute Gasteiger partial charge is 0.435 e. The number of carbonyl (C=O) groups is 2. The summed E-state index contributed by atoms with van der Waals surface area (Å²) in [5.41, 5.74) is -6.04. The number of alkyl halides is 7. The Bertz CT molecular complexity index is 955. The van der Waals surface area contributed by atoms with E-state index in [1.165, 1.54) is 6.92 Å². The third-order valence-electron chi connectivity index (χ3n) is 7.52. The molecule has 0 aliphatic heterocycles. The topological polar surface area (TPSA) is 58.2 Å². The van der Waals surface area contributed by atoms with Crippen LogP contribution >= 0.6 is 0 Å². The second-order valence-electron chi connectivity index (χ2n) is 9.63. The van der Waals surface area contributed by atoms with E-state index in [9.17, 15) is 40.3 Å². The molecular formula is C23H25F7N2O2. The molecule has 2 N–H and O–H groups in total. The van der Waals surface area contributed by atoms with E-state index < -0.39 is 23.6 Å². The van der Waals surface area contributed by atoms with Crippen molar-refractivity contribution in [2.75, 3.05) is 0 Å². The molecule has 3 aliphatic rings. The van der Waals surface area contributed by atoms with Gasteiger partial charge in [-0.2, -0.15) is 26.3 Å². The van der Waals surface area contributed by atoms with Crippen LogP contribution in [0.25, 0.3) is 0 Å². The van der Waals surface area contributed by atoms with Crippen molar-refractivity contribution in [3.63, 3.8) is 0 Å². The number of carbonyl (C=O) groups excluding carboxylic acids is 2. The first kappa shape index (κ1) is 24.8. The zero-order chi connectivity index (χ0) is 25.1. The first-order valence-electron chi connectivity index (χ1n) is 11.3. The number of fused-ring (bicyclic) bond motifs is 3. The maximum absolute atomic E-state index is 14.5. The molecule has 0 heterocycles. The van der Waals surface area contributed by atoms with Gasteiger partial charge in [0.1, 0.15) is 0 Å². The van der Waals surface area contributed by atoms with Crippen LogP contribution in [-0.4, -0.2) is 36.3 Å². The summed E-state index contributed by atoms with van der Waals surface area (Å²) in [4.78, 5) is 23.9. The molecule has 11 heteroatoms. The number of aryl methyl sites for hydroxylation is 1. The molecule has 2 saturated carbocycles. The number of hydrogen-bond acceptors (Lipinski definition) is 2. The van der Waals surface area contributed by atoms with Crippen molar-refractivity contribution < 1.29 is 40.3 Å². The summed E-state index contributed by atoms with van der Waals surface area (Å²) in [6.45, 7) is 1.42. The van der Waals surface area contributed by atoms with Crippen LogP contribution in [0.5, 0.6) is 0 Å². The molecule has 1 aromatic carbocycles. The number of rotatable bonds is 4. The lowest BCUT2D eigenvalue weighted by molar-refractivity contribution is -0.348. The monoisotopic (exact) mass is 494 g/mol. The van der Waals surface area contributed by atoms with E-state index in [1.807, 2.05) is 0 Å². The van der Waals surface area contributed by atoms with Crippen LogP contribution in [0.2, 0.25) is 0 Å². The fourth-order valence-electron chi connectivity index (χ4n) is 5.84. The van der Waals surface area contributed by atoms with Crippen LogP contribution in [0.15, 0.2) is 18.2 Å². The highest BCUT2D eigenvalue weighted by Crippen LogP contribution is 2.55. The molecular weight excluding hydrogens is 469 g/mol. The van der Waals surface area contributed by atoms with E-state index in [0.717, 1.165) is 6.07 Å². The molecule has 2 amide bonds. The molecule has 3 atom stereocenters. The first-order valence-corrected chi connectivity index (χ1v) is 11.3. The van der Waals surface area contributed by atoms with Crippen LogP contribution in [0.1, 0.15) is 61.6 Å². The average Bonchev–Trinajstić information content (AvgIpc) is 3.13. The van der Waals surface area contributed by atoms with Crippen molar-refractivity contribution in [2.45, 2.75) is 81.5 Å². The van der Waals surface area contributed by atoms with Crippen LogP contribution in [0.3, 0.4) is 0 Å². The first-order chi connectivity index (χ1) is 15.7. The molecule has 34 heavy (non-hydrogen) atoms. The molecule has 0 saturated heterocycles. The van der Waals surface area contributed by atoms with Gasteiger partial charge in [0.05, 0.1) is 0 Å². The minimum atomic E-state index is -6.15. The van der Waals surface area contributed by atoms with Gasteiger partial charge in [-0.05, 0) is 61.5 Å². The summed E-state index contributed by atoms with van der Waals surface area (Å²) in [6.07, 6.45) is -9.27. The van der Waals surface area contributed by atoms with E-state index >= 15 is 0 Å². The lowest BCUT2D eigenvalue weighted by atomic mass is 9.73. The highest BCUT2D eigenvalue weighted by Gasteiger charge is 2.73. The standard InChI is InChI=1S/C23H25F7N2O2/c1-11(33)31-14-9-15(10-14)32-20(34)19-7-6-17-16-5-3-13(8-12(16)2-4-18(17)19)21(24,22(25,26)27)23(28,29)30/h3,5,8,14-15,17-19H,2,4,6-7,9-10H2,1H3,(H,31,33)(H,32,34)/t14?,15?,17?,18?,19-/m1/s1. The van der Waals surface area contributed by atoms with Crippen molar-refractivity contribution in [3.8, 4) is 0 Å². The third-order valence-corrected chi connectivity index (χ3v) is 7.52. The lowest BCUT2D eigenvalue weighted by Crippen LogP contribution is -2.54. The van der Waals surface area contributed by atoms with Crippen LogP contribution in [-0.2, 0) is 21.7 Å². The van der Waals surface area contributed by atoms with Gasteiger partial charge in [0.25, 0.3) is 0 Å². The van der Waals surface area contributed by atoms with E-state index in [0.29, 0.717) is 49.8 Å². The van der Waals surface area contributed by atoms with Crippen LogP contribution in [0.4, 0.5) is 30.7 Å². The van der Waals surface area contributed by atoms with E-state index in [-0.39, 0.29) is 53.6 Å². The van der Waals surface area contributed by atoms with Crippen LogP contribution in [0, 0.1) is 11.8 Å². The zero-order valence-electron chi connectivity index (χ0n) is 18.3. The molecule has 188 valence electrons. The molecule has 0 aromatic heterocycles. The maximum Gasteiger partial charge on any atom is 0.435 e. The van der Waals surface area contributed by atoms with Gasteiger partial charge in [0, 0.05) is 30.5 Å². The molecule has 0 spiro atoms.